The molecule has 3 rings (SSSR count). The Labute approximate surface area is 124 Å². The smallest absolute Gasteiger partial charge is 0.336 e. The SMILES string of the molecule is COC(=O)C1=C2[C@H]([C@H]3[C@@H]([C@@H](O)[C@@H]1O)C3(C)C)[C@H](C)C[C@@H]2O. The van der Waals surface area contributed by atoms with Gasteiger partial charge in [-0.15, -0.1) is 0 Å². The van der Waals surface area contributed by atoms with Crippen molar-refractivity contribution in [3.8, 4) is 0 Å². The normalized spacial score (nSPS) is 47.5. The van der Waals surface area contributed by atoms with Crippen LogP contribution < -0.4 is 0 Å². The second-order valence-electron chi connectivity index (χ2n) is 7.42. The van der Waals surface area contributed by atoms with Crippen LogP contribution in [0.5, 0.6) is 0 Å². The fourth-order valence-corrected chi connectivity index (χ4v) is 5.00. The summed E-state index contributed by atoms with van der Waals surface area (Å²) in [5.41, 5.74) is 0.588. The van der Waals surface area contributed by atoms with Gasteiger partial charge in [-0.2, -0.15) is 0 Å². The van der Waals surface area contributed by atoms with Gasteiger partial charge in [-0.1, -0.05) is 20.8 Å². The molecule has 21 heavy (non-hydrogen) atoms. The summed E-state index contributed by atoms with van der Waals surface area (Å²) in [6.45, 7) is 6.22. The molecular formula is C16H24O5. The highest BCUT2D eigenvalue weighted by molar-refractivity contribution is 5.91. The van der Waals surface area contributed by atoms with Crippen molar-refractivity contribution in [2.75, 3.05) is 7.11 Å². The molecule has 0 aliphatic heterocycles. The molecule has 3 aliphatic rings. The Morgan fingerprint density at radius 1 is 1.24 bits per heavy atom. The van der Waals surface area contributed by atoms with E-state index in [0.717, 1.165) is 0 Å². The Morgan fingerprint density at radius 3 is 2.43 bits per heavy atom. The number of esters is 1. The number of aliphatic hydroxyl groups excluding tert-OH is 3. The largest absolute Gasteiger partial charge is 0.466 e. The maximum atomic E-state index is 12.1. The molecule has 2 saturated carbocycles. The maximum absolute atomic E-state index is 12.1. The van der Waals surface area contributed by atoms with Crippen molar-refractivity contribution in [2.45, 2.75) is 45.5 Å². The second kappa shape index (κ2) is 4.54. The lowest BCUT2D eigenvalue weighted by Crippen LogP contribution is -2.35. The number of fused-ring (bicyclic) bond motifs is 3. The number of hydrogen-bond donors (Lipinski definition) is 3. The standard InChI is InChI=1S/C16H24O5/c1-6-5-7(17)9-8(6)11-12(16(11,2)3)14(19)13(18)10(9)15(20)21-4/h6-8,11-14,17-19H,5H2,1-4H3/t6-,7+,8-,11+,12+,13-,14-/m1/s1. The van der Waals surface area contributed by atoms with Gasteiger partial charge in [0.25, 0.3) is 0 Å². The molecule has 3 aliphatic carbocycles. The van der Waals surface area contributed by atoms with E-state index < -0.39 is 24.3 Å². The minimum absolute atomic E-state index is 0.0286. The summed E-state index contributed by atoms with van der Waals surface area (Å²) < 4.78 is 4.78. The van der Waals surface area contributed by atoms with Gasteiger partial charge in [0, 0.05) is 0 Å². The molecular weight excluding hydrogens is 272 g/mol. The van der Waals surface area contributed by atoms with Gasteiger partial charge in [0.1, 0.15) is 6.10 Å². The molecule has 0 radical (unpaired) electrons. The van der Waals surface area contributed by atoms with E-state index in [4.69, 9.17) is 4.74 Å². The summed E-state index contributed by atoms with van der Waals surface area (Å²) in [6.07, 6.45) is -2.43. The van der Waals surface area contributed by atoms with Crippen LogP contribution in [0.1, 0.15) is 27.2 Å². The average molecular weight is 296 g/mol. The molecule has 0 amide bonds. The lowest BCUT2D eigenvalue weighted by Gasteiger charge is -2.25. The molecule has 0 aromatic rings. The number of carbonyl (C=O) groups excluding carboxylic acids is 1. The predicted octanol–water partition coefficient (Wildman–Crippen LogP) is 0.480. The minimum atomic E-state index is -1.29. The number of ether oxygens (including phenoxy) is 1. The Balaban J connectivity index is 2.16. The van der Waals surface area contributed by atoms with Crippen LogP contribution >= 0.6 is 0 Å². The Kier molecular flexibility index (Phi) is 3.24. The number of methoxy groups -OCH3 is 1. The molecule has 0 bridgehead atoms. The second-order valence-corrected chi connectivity index (χ2v) is 7.42. The predicted molar refractivity (Wildman–Crippen MR) is 75.1 cm³/mol. The molecule has 0 aromatic heterocycles. The molecule has 5 heteroatoms. The third-order valence-electron chi connectivity index (χ3n) is 6.01. The Hall–Kier alpha value is -0.910. The summed E-state index contributed by atoms with van der Waals surface area (Å²) >= 11 is 0. The third-order valence-corrected chi connectivity index (χ3v) is 6.01. The van der Waals surface area contributed by atoms with Crippen LogP contribution in [0.2, 0.25) is 0 Å². The minimum Gasteiger partial charge on any atom is -0.466 e. The van der Waals surface area contributed by atoms with Gasteiger partial charge < -0.3 is 20.1 Å². The van der Waals surface area contributed by atoms with Crippen LogP contribution in [0, 0.1) is 29.1 Å². The Bertz CT molecular complexity index is 509. The maximum Gasteiger partial charge on any atom is 0.336 e. The van der Waals surface area contributed by atoms with E-state index in [1.54, 1.807) is 0 Å². The van der Waals surface area contributed by atoms with Crippen molar-refractivity contribution in [3.63, 3.8) is 0 Å². The number of hydrogen-bond acceptors (Lipinski definition) is 5. The monoisotopic (exact) mass is 296 g/mol. The van der Waals surface area contributed by atoms with Crippen LogP contribution in [0.3, 0.4) is 0 Å². The lowest BCUT2D eigenvalue weighted by atomic mass is 9.83. The zero-order valence-electron chi connectivity index (χ0n) is 12.9. The molecule has 0 aromatic carbocycles. The van der Waals surface area contributed by atoms with Gasteiger partial charge in [0.15, 0.2) is 0 Å². The highest BCUT2D eigenvalue weighted by Gasteiger charge is 2.69. The van der Waals surface area contributed by atoms with Gasteiger partial charge in [-0.05, 0) is 41.1 Å². The first-order valence-electron chi connectivity index (χ1n) is 7.59. The topological polar surface area (TPSA) is 87.0 Å². The van der Waals surface area contributed by atoms with Gasteiger partial charge in [0.05, 0.1) is 24.9 Å². The van der Waals surface area contributed by atoms with E-state index in [9.17, 15) is 20.1 Å². The molecule has 118 valence electrons. The average Bonchev–Trinajstić information content (AvgIpc) is 2.89. The van der Waals surface area contributed by atoms with Crippen LogP contribution in [-0.2, 0) is 9.53 Å². The van der Waals surface area contributed by atoms with Crippen molar-refractivity contribution < 1.29 is 24.9 Å². The fraction of sp³-hybridized carbons (Fsp3) is 0.812. The number of aliphatic hydroxyl groups is 3. The van der Waals surface area contributed by atoms with E-state index in [-0.39, 0.29) is 34.7 Å². The van der Waals surface area contributed by atoms with E-state index in [2.05, 4.69) is 20.8 Å². The van der Waals surface area contributed by atoms with Crippen LogP contribution in [0.4, 0.5) is 0 Å². The molecule has 0 heterocycles. The highest BCUT2D eigenvalue weighted by atomic mass is 16.5. The lowest BCUT2D eigenvalue weighted by molar-refractivity contribution is -0.138. The molecule has 0 unspecified atom stereocenters. The summed E-state index contributed by atoms with van der Waals surface area (Å²) in [5, 5.41) is 31.3. The van der Waals surface area contributed by atoms with Gasteiger partial charge in [-0.25, -0.2) is 4.79 Å². The first-order valence-corrected chi connectivity index (χ1v) is 7.59. The van der Waals surface area contributed by atoms with Crippen LogP contribution in [-0.4, -0.2) is 46.7 Å². The molecule has 3 N–H and O–H groups in total. The fourth-order valence-electron chi connectivity index (χ4n) is 5.00. The summed E-state index contributed by atoms with van der Waals surface area (Å²) in [6, 6.07) is 0. The van der Waals surface area contributed by atoms with Crippen molar-refractivity contribution in [1.82, 2.24) is 0 Å². The number of carbonyl (C=O) groups is 1. The van der Waals surface area contributed by atoms with Crippen molar-refractivity contribution >= 4 is 5.97 Å². The Morgan fingerprint density at radius 2 is 1.86 bits per heavy atom. The van der Waals surface area contributed by atoms with Gasteiger partial charge >= 0.3 is 5.97 Å². The van der Waals surface area contributed by atoms with E-state index in [1.807, 2.05) is 0 Å². The zero-order valence-corrected chi connectivity index (χ0v) is 12.9. The van der Waals surface area contributed by atoms with E-state index in [0.29, 0.717) is 12.0 Å². The first kappa shape index (κ1) is 15.0. The summed E-state index contributed by atoms with van der Waals surface area (Å²) in [5.74, 6) is -0.259. The molecule has 0 saturated heterocycles. The van der Waals surface area contributed by atoms with E-state index >= 15 is 0 Å². The first-order chi connectivity index (χ1) is 9.73. The molecule has 2 fully saturated rings. The number of rotatable bonds is 1. The summed E-state index contributed by atoms with van der Waals surface area (Å²) in [4.78, 5) is 12.1. The van der Waals surface area contributed by atoms with Crippen molar-refractivity contribution in [1.29, 1.82) is 0 Å². The van der Waals surface area contributed by atoms with Crippen molar-refractivity contribution in [3.05, 3.63) is 11.1 Å². The highest BCUT2D eigenvalue weighted by Crippen LogP contribution is 2.69. The van der Waals surface area contributed by atoms with Gasteiger partial charge in [-0.3, -0.25) is 0 Å². The quantitative estimate of drug-likeness (QED) is 0.613. The zero-order chi connectivity index (χ0) is 15.7. The molecule has 7 atom stereocenters. The molecule has 5 nitrogen and oxygen atoms in total. The molecule has 0 spiro atoms. The van der Waals surface area contributed by atoms with Crippen LogP contribution in [0.15, 0.2) is 11.1 Å². The summed E-state index contributed by atoms with van der Waals surface area (Å²) in [7, 11) is 1.25. The third kappa shape index (κ3) is 1.84. The van der Waals surface area contributed by atoms with E-state index in [1.165, 1.54) is 7.11 Å². The van der Waals surface area contributed by atoms with Gasteiger partial charge in [0.2, 0.25) is 0 Å². The van der Waals surface area contributed by atoms with Crippen molar-refractivity contribution in [2.24, 2.45) is 29.1 Å². The van der Waals surface area contributed by atoms with Crippen LogP contribution in [0.25, 0.3) is 0 Å².